The van der Waals surface area contributed by atoms with E-state index in [9.17, 15) is 4.79 Å². The quantitative estimate of drug-likeness (QED) is 0.623. The molecular formula is C23H18O2. The number of benzene rings is 3. The van der Waals surface area contributed by atoms with Crippen LogP contribution in [0.25, 0.3) is 6.08 Å². The maximum absolute atomic E-state index is 13.1. The molecule has 0 aromatic heterocycles. The summed E-state index contributed by atoms with van der Waals surface area (Å²) in [4.78, 5) is 13.1. The minimum atomic E-state index is -0.0465. The Bertz CT molecular complexity index is 937. The molecule has 2 heteroatoms. The van der Waals surface area contributed by atoms with Crippen LogP contribution in [-0.4, -0.2) is 12.9 Å². The van der Waals surface area contributed by atoms with E-state index in [2.05, 4.69) is 12.1 Å². The number of methoxy groups -OCH3 is 1. The molecule has 0 radical (unpaired) electrons. The van der Waals surface area contributed by atoms with Crippen molar-refractivity contribution in [3.05, 3.63) is 107 Å². The van der Waals surface area contributed by atoms with Crippen molar-refractivity contribution < 1.29 is 9.53 Å². The monoisotopic (exact) mass is 326 g/mol. The minimum Gasteiger partial charge on any atom is -0.497 e. The summed E-state index contributed by atoms with van der Waals surface area (Å²) in [6.45, 7) is 0. The van der Waals surface area contributed by atoms with E-state index in [1.807, 2.05) is 72.8 Å². The Morgan fingerprint density at radius 2 is 1.52 bits per heavy atom. The number of carbonyl (C=O) groups is 1. The highest BCUT2D eigenvalue weighted by Crippen LogP contribution is 2.42. The summed E-state index contributed by atoms with van der Waals surface area (Å²) in [5.41, 5.74) is 4.92. The first kappa shape index (κ1) is 15.4. The molecule has 122 valence electrons. The molecule has 0 N–H and O–H groups in total. The zero-order chi connectivity index (χ0) is 17.2. The Labute approximate surface area is 147 Å². The van der Waals surface area contributed by atoms with Crippen molar-refractivity contribution in [3.63, 3.8) is 0 Å². The van der Waals surface area contributed by atoms with Crippen LogP contribution in [0.2, 0.25) is 0 Å². The van der Waals surface area contributed by atoms with Crippen LogP contribution >= 0.6 is 0 Å². The van der Waals surface area contributed by atoms with E-state index in [1.54, 1.807) is 7.11 Å². The molecule has 2 nitrogen and oxygen atoms in total. The summed E-state index contributed by atoms with van der Waals surface area (Å²) in [7, 11) is 1.66. The third kappa shape index (κ3) is 2.76. The molecule has 0 heterocycles. The first-order valence-electron chi connectivity index (χ1n) is 8.32. The molecule has 0 fully saturated rings. The van der Waals surface area contributed by atoms with Gasteiger partial charge in [0.25, 0.3) is 0 Å². The van der Waals surface area contributed by atoms with Gasteiger partial charge in [0.2, 0.25) is 0 Å². The summed E-state index contributed by atoms with van der Waals surface area (Å²) in [6, 6.07) is 25.6. The molecule has 3 aromatic rings. The smallest absolute Gasteiger partial charge is 0.189 e. The number of rotatable bonds is 4. The lowest BCUT2D eigenvalue weighted by Gasteiger charge is -2.17. The van der Waals surface area contributed by atoms with Crippen LogP contribution in [0.4, 0.5) is 0 Å². The van der Waals surface area contributed by atoms with Crippen LogP contribution in [0.3, 0.4) is 0 Å². The standard InChI is InChI=1S/C23H18O2/c1-25-19-13-11-16(12-14-19)22-20-10-6-5-9-18(20)15-21(22)23(24)17-7-3-2-4-8-17/h2-15,22H,1H3. The second-order valence-electron chi connectivity index (χ2n) is 6.13. The second kappa shape index (κ2) is 6.40. The van der Waals surface area contributed by atoms with Gasteiger partial charge in [-0.1, -0.05) is 66.7 Å². The highest BCUT2D eigenvalue weighted by atomic mass is 16.5. The average molecular weight is 326 g/mol. The molecule has 0 aliphatic heterocycles. The van der Waals surface area contributed by atoms with Crippen molar-refractivity contribution in [3.8, 4) is 5.75 Å². The van der Waals surface area contributed by atoms with Crippen molar-refractivity contribution in [2.24, 2.45) is 0 Å². The van der Waals surface area contributed by atoms with Gasteiger partial charge in [0, 0.05) is 17.1 Å². The molecule has 25 heavy (non-hydrogen) atoms. The predicted octanol–water partition coefficient (Wildman–Crippen LogP) is 5.11. The second-order valence-corrected chi connectivity index (χ2v) is 6.13. The van der Waals surface area contributed by atoms with Gasteiger partial charge in [-0.05, 0) is 34.9 Å². The number of carbonyl (C=O) groups excluding carboxylic acids is 1. The van der Waals surface area contributed by atoms with Crippen LogP contribution in [0.1, 0.15) is 33.0 Å². The molecule has 1 aliphatic rings. The largest absolute Gasteiger partial charge is 0.497 e. The van der Waals surface area contributed by atoms with E-state index in [0.717, 1.165) is 28.0 Å². The lowest BCUT2D eigenvalue weighted by atomic mass is 9.85. The number of hydrogen-bond donors (Lipinski definition) is 0. The Balaban J connectivity index is 1.80. The molecule has 3 aromatic carbocycles. The first-order chi connectivity index (χ1) is 12.3. The summed E-state index contributed by atoms with van der Waals surface area (Å²) in [5.74, 6) is 0.849. The van der Waals surface area contributed by atoms with Gasteiger partial charge in [-0.3, -0.25) is 4.79 Å². The number of ether oxygens (including phenoxy) is 1. The highest BCUT2D eigenvalue weighted by Gasteiger charge is 2.31. The summed E-state index contributed by atoms with van der Waals surface area (Å²) >= 11 is 0. The Hall–Kier alpha value is -3.13. The Kier molecular flexibility index (Phi) is 3.95. The van der Waals surface area contributed by atoms with Gasteiger partial charge >= 0.3 is 0 Å². The third-order valence-corrected chi connectivity index (χ3v) is 4.68. The van der Waals surface area contributed by atoms with Gasteiger partial charge in [0.15, 0.2) is 5.78 Å². The fraction of sp³-hybridized carbons (Fsp3) is 0.0870. The molecule has 1 aliphatic carbocycles. The van der Waals surface area contributed by atoms with Crippen molar-refractivity contribution in [1.82, 2.24) is 0 Å². The summed E-state index contributed by atoms with van der Waals surface area (Å²) < 4.78 is 5.26. The molecule has 4 rings (SSSR count). The summed E-state index contributed by atoms with van der Waals surface area (Å²) in [5, 5.41) is 0. The highest BCUT2D eigenvalue weighted by molar-refractivity contribution is 6.14. The molecular weight excluding hydrogens is 308 g/mol. The van der Waals surface area contributed by atoms with Crippen molar-refractivity contribution in [2.75, 3.05) is 7.11 Å². The van der Waals surface area contributed by atoms with Crippen LogP contribution in [-0.2, 0) is 0 Å². The van der Waals surface area contributed by atoms with E-state index in [0.29, 0.717) is 0 Å². The van der Waals surface area contributed by atoms with E-state index in [4.69, 9.17) is 4.74 Å². The zero-order valence-electron chi connectivity index (χ0n) is 14.0. The maximum atomic E-state index is 13.1. The lowest BCUT2D eigenvalue weighted by molar-refractivity contribution is 0.103. The van der Waals surface area contributed by atoms with Crippen LogP contribution in [0.15, 0.2) is 84.4 Å². The number of Topliss-reactive ketones (excluding diaryl/α,β-unsaturated/α-hetero) is 1. The fourth-order valence-electron chi connectivity index (χ4n) is 3.43. The Morgan fingerprint density at radius 3 is 2.24 bits per heavy atom. The van der Waals surface area contributed by atoms with E-state index < -0.39 is 0 Å². The zero-order valence-corrected chi connectivity index (χ0v) is 14.0. The third-order valence-electron chi connectivity index (χ3n) is 4.68. The maximum Gasteiger partial charge on any atom is 0.189 e. The number of hydrogen-bond acceptors (Lipinski definition) is 2. The average Bonchev–Trinajstić information content (AvgIpc) is 3.07. The summed E-state index contributed by atoms with van der Waals surface area (Å²) in [6.07, 6.45) is 2.03. The molecule has 0 amide bonds. The van der Waals surface area contributed by atoms with Crippen LogP contribution in [0.5, 0.6) is 5.75 Å². The van der Waals surface area contributed by atoms with Crippen LogP contribution < -0.4 is 4.74 Å². The fourth-order valence-corrected chi connectivity index (χ4v) is 3.43. The van der Waals surface area contributed by atoms with Crippen LogP contribution in [0, 0.1) is 0 Å². The Morgan fingerprint density at radius 1 is 0.840 bits per heavy atom. The van der Waals surface area contributed by atoms with Crippen molar-refractivity contribution >= 4 is 11.9 Å². The predicted molar refractivity (Wildman–Crippen MR) is 100 cm³/mol. The topological polar surface area (TPSA) is 26.3 Å². The van der Waals surface area contributed by atoms with Gasteiger partial charge < -0.3 is 4.74 Å². The molecule has 0 spiro atoms. The van der Waals surface area contributed by atoms with E-state index >= 15 is 0 Å². The van der Waals surface area contributed by atoms with Gasteiger partial charge in [0.1, 0.15) is 5.75 Å². The van der Waals surface area contributed by atoms with Gasteiger partial charge in [-0.25, -0.2) is 0 Å². The number of ketones is 1. The van der Waals surface area contributed by atoms with Gasteiger partial charge in [0.05, 0.1) is 7.11 Å². The molecule has 0 bridgehead atoms. The molecule has 0 saturated carbocycles. The lowest BCUT2D eigenvalue weighted by Crippen LogP contribution is -2.10. The SMILES string of the molecule is COc1ccc(C2C(C(=O)c3ccccc3)=Cc3ccccc32)cc1. The molecule has 0 saturated heterocycles. The molecule has 1 atom stereocenters. The first-order valence-corrected chi connectivity index (χ1v) is 8.32. The normalized spacial score (nSPS) is 15.4. The minimum absolute atomic E-state index is 0.0465. The van der Waals surface area contributed by atoms with Crippen molar-refractivity contribution in [2.45, 2.75) is 5.92 Å². The van der Waals surface area contributed by atoms with E-state index in [1.165, 1.54) is 5.56 Å². The molecule has 1 unspecified atom stereocenters. The van der Waals surface area contributed by atoms with E-state index in [-0.39, 0.29) is 11.7 Å². The number of allylic oxidation sites excluding steroid dienone is 1. The van der Waals surface area contributed by atoms with Crippen molar-refractivity contribution in [1.29, 1.82) is 0 Å². The number of fused-ring (bicyclic) bond motifs is 1. The van der Waals surface area contributed by atoms with Gasteiger partial charge in [-0.2, -0.15) is 0 Å². The van der Waals surface area contributed by atoms with Gasteiger partial charge in [-0.15, -0.1) is 0 Å².